The second-order valence-electron chi connectivity index (χ2n) is 5.90. The van der Waals surface area contributed by atoms with Crippen molar-refractivity contribution in [2.24, 2.45) is 0 Å². The Kier molecular flexibility index (Phi) is 4.73. The van der Waals surface area contributed by atoms with Crippen LogP contribution in [0.3, 0.4) is 0 Å². The van der Waals surface area contributed by atoms with Gasteiger partial charge in [0.2, 0.25) is 0 Å². The van der Waals surface area contributed by atoms with Crippen molar-refractivity contribution in [1.82, 2.24) is 0 Å². The predicted molar refractivity (Wildman–Crippen MR) is 88.3 cm³/mol. The lowest BCUT2D eigenvalue weighted by Crippen LogP contribution is -2.19. The highest BCUT2D eigenvalue weighted by molar-refractivity contribution is 6.32. The number of rotatable bonds is 0. The number of allylic oxidation sites excluding steroid dienone is 3. The van der Waals surface area contributed by atoms with Crippen molar-refractivity contribution >= 4 is 23.4 Å². The van der Waals surface area contributed by atoms with Crippen LogP contribution < -0.4 is 0 Å². The number of fused-ring (bicyclic) bond motifs is 2. The first-order valence-electron chi connectivity index (χ1n) is 7.70. The van der Waals surface area contributed by atoms with Crippen LogP contribution in [0.2, 0.25) is 5.02 Å². The van der Waals surface area contributed by atoms with Crippen LogP contribution in [0.15, 0.2) is 36.4 Å². The zero-order valence-corrected chi connectivity index (χ0v) is 13.8. The molecule has 2 aliphatic rings. The molecule has 0 radical (unpaired) electrons. The molecule has 24 heavy (non-hydrogen) atoms. The van der Waals surface area contributed by atoms with Gasteiger partial charge in [0.15, 0.2) is 5.78 Å². The summed E-state index contributed by atoms with van der Waals surface area (Å²) in [6.45, 7) is 1.76. The number of ether oxygens (including phenoxy) is 2. The number of esters is 1. The number of benzene rings is 1. The lowest BCUT2D eigenvalue weighted by atomic mass is 10.0. The number of phenolic OH excluding ortho intramolecular Hbond substituents is 1. The van der Waals surface area contributed by atoms with Crippen molar-refractivity contribution in [3.05, 3.63) is 52.6 Å². The summed E-state index contributed by atoms with van der Waals surface area (Å²) in [7, 11) is 0. The Morgan fingerprint density at radius 2 is 2.04 bits per heavy atom. The molecule has 6 heteroatoms. The number of cyclic esters (lactones) is 1. The fourth-order valence-electron chi connectivity index (χ4n) is 2.71. The average Bonchev–Trinajstić information content (AvgIpc) is 3.24. The Morgan fingerprint density at radius 3 is 2.83 bits per heavy atom. The summed E-state index contributed by atoms with van der Waals surface area (Å²) in [5.41, 5.74) is 0.210. The zero-order chi connectivity index (χ0) is 17.3. The molecule has 0 spiro atoms. The van der Waals surface area contributed by atoms with E-state index in [1.165, 1.54) is 18.2 Å². The Bertz CT molecular complexity index is 737. The Balaban J connectivity index is 1.97. The van der Waals surface area contributed by atoms with Crippen molar-refractivity contribution in [3.63, 3.8) is 0 Å². The number of hydrogen-bond donors (Lipinski definition) is 1. The molecule has 1 saturated heterocycles. The third kappa shape index (κ3) is 3.68. The summed E-state index contributed by atoms with van der Waals surface area (Å²) < 4.78 is 10.9. The van der Waals surface area contributed by atoms with Gasteiger partial charge in [-0.1, -0.05) is 29.8 Å². The minimum atomic E-state index is -0.695. The van der Waals surface area contributed by atoms with Crippen molar-refractivity contribution < 1.29 is 24.2 Å². The third-order valence-electron chi connectivity index (χ3n) is 3.98. The maximum Gasteiger partial charge on any atom is 0.342 e. The molecule has 1 unspecified atom stereocenters. The summed E-state index contributed by atoms with van der Waals surface area (Å²) in [5, 5.41) is 10.3. The molecule has 0 aliphatic carbocycles. The van der Waals surface area contributed by atoms with E-state index in [2.05, 4.69) is 0 Å². The fraction of sp³-hybridized carbons (Fsp3) is 0.333. The highest BCUT2D eigenvalue weighted by atomic mass is 35.5. The Hall–Kier alpha value is -2.11. The van der Waals surface area contributed by atoms with Crippen LogP contribution in [0, 0.1) is 0 Å². The first kappa shape index (κ1) is 16.7. The smallest absolute Gasteiger partial charge is 0.342 e. The standard InChI is InChI=1S/C18H17ClO5/c1-10-8-16-15(24-16)5-3-2-4-11(20)9-12-13(19)6-7-14(21)17(12)18(22)23-10/h2-7,10,15-16,21H,8-9H2,1H3/t10-,15-,16?/m1/s1. The average molecular weight is 349 g/mol. The fourth-order valence-corrected chi connectivity index (χ4v) is 2.94. The number of carbonyl (C=O) groups is 2. The molecule has 1 aromatic carbocycles. The first-order valence-corrected chi connectivity index (χ1v) is 8.08. The van der Waals surface area contributed by atoms with E-state index in [9.17, 15) is 14.7 Å². The van der Waals surface area contributed by atoms with Crippen molar-refractivity contribution in [3.8, 4) is 5.75 Å². The SMILES string of the molecule is C[C@@H]1CC2O[C@@H]2C=CC=CC(=O)Cc2c(Cl)ccc(O)c2C(=O)O1. The molecule has 5 nitrogen and oxygen atoms in total. The number of aromatic hydroxyl groups is 1. The molecule has 0 amide bonds. The molecule has 3 rings (SSSR count). The van der Waals surface area contributed by atoms with E-state index in [1.54, 1.807) is 19.1 Å². The monoisotopic (exact) mass is 348 g/mol. The summed E-state index contributed by atoms with van der Waals surface area (Å²) >= 11 is 6.13. The van der Waals surface area contributed by atoms with E-state index in [1.807, 2.05) is 6.08 Å². The van der Waals surface area contributed by atoms with Crippen LogP contribution in [0.5, 0.6) is 5.75 Å². The van der Waals surface area contributed by atoms with Gasteiger partial charge in [0.05, 0.1) is 6.10 Å². The van der Waals surface area contributed by atoms with Gasteiger partial charge in [0, 0.05) is 17.9 Å². The number of halogens is 1. The molecule has 2 aliphatic heterocycles. The summed E-state index contributed by atoms with van der Waals surface area (Å²) in [4.78, 5) is 24.6. The van der Waals surface area contributed by atoms with Crippen LogP contribution in [-0.4, -0.2) is 35.2 Å². The van der Waals surface area contributed by atoms with E-state index < -0.39 is 5.97 Å². The minimum Gasteiger partial charge on any atom is -0.507 e. The number of ketones is 1. The van der Waals surface area contributed by atoms with Crippen LogP contribution in [0.25, 0.3) is 0 Å². The highest BCUT2D eigenvalue weighted by Gasteiger charge is 2.38. The van der Waals surface area contributed by atoms with E-state index in [-0.39, 0.29) is 52.4 Å². The highest BCUT2D eigenvalue weighted by Crippen LogP contribution is 2.32. The summed E-state index contributed by atoms with van der Waals surface area (Å²) in [6, 6.07) is 2.77. The number of epoxide rings is 1. The predicted octanol–water partition coefficient (Wildman–Crippen LogP) is 2.99. The van der Waals surface area contributed by atoms with Gasteiger partial charge >= 0.3 is 5.97 Å². The third-order valence-corrected chi connectivity index (χ3v) is 4.33. The maximum atomic E-state index is 12.5. The molecule has 3 atom stereocenters. The van der Waals surface area contributed by atoms with Crippen molar-refractivity contribution in [1.29, 1.82) is 0 Å². The van der Waals surface area contributed by atoms with Crippen LogP contribution in [-0.2, 0) is 20.7 Å². The zero-order valence-electron chi connectivity index (χ0n) is 13.1. The number of carbonyl (C=O) groups excluding carboxylic acids is 2. The first-order chi connectivity index (χ1) is 11.5. The second kappa shape index (κ2) is 6.79. The number of hydrogen-bond acceptors (Lipinski definition) is 5. The number of phenols is 1. The molecular weight excluding hydrogens is 332 g/mol. The van der Waals surface area contributed by atoms with Gasteiger partial charge in [-0.15, -0.1) is 0 Å². The van der Waals surface area contributed by atoms with E-state index in [0.29, 0.717) is 6.42 Å². The second-order valence-corrected chi connectivity index (χ2v) is 6.31. The topological polar surface area (TPSA) is 76.1 Å². The minimum absolute atomic E-state index is 0.0106. The van der Waals surface area contributed by atoms with Crippen molar-refractivity contribution in [2.45, 2.75) is 38.1 Å². The Morgan fingerprint density at radius 1 is 1.25 bits per heavy atom. The maximum absolute atomic E-state index is 12.5. The van der Waals surface area contributed by atoms with Crippen LogP contribution >= 0.6 is 11.6 Å². The van der Waals surface area contributed by atoms with E-state index in [4.69, 9.17) is 21.1 Å². The van der Waals surface area contributed by atoms with Gasteiger partial charge in [0.25, 0.3) is 0 Å². The molecule has 2 heterocycles. The molecule has 126 valence electrons. The van der Waals surface area contributed by atoms with Gasteiger partial charge in [0.1, 0.15) is 23.5 Å². The van der Waals surface area contributed by atoms with Crippen LogP contribution in [0.4, 0.5) is 0 Å². The van der Waals surface area contributed by atoms with Crippen LogP contribution in [0.1, 0.15) is 29.3 Å². The van der Waals surface area contributed by atoms with Gasteiger partial charge in [-0.2, -0.15) is 0 Å². The molecule has 0 bridgehead atoms. The largest absolute Gasteiger partial charge is 0.507 e. The molecule has 1 aromatic rings. The van der Waals surface area contributed by atoms with E-state index in [0.717, 1.165) is 0 Å². The lowest BCUT2D eigenvalue weighted by Gasteiger charge is -2.16. The molecular formula is C18H17ClO5. The van der Waals surface area contributed by atoms with Gasteiger partial charge in [-0.3, -0.25) is 4.79 Å². The molecule has 0 saturated carbocycles. The Labute approximate surface area is 144 Å². The molecule has 1 N–H and O–H groups in total. The molecule has 0 aromatic heterocycles. The van der Waals surface area contributed by atoms with Gasteiger partial charge < -0.3 is 14.6 Å². The van der Waals surface area contributed by atoms with Crippen molar-refractivity contribution in [2.75, 3.05) is 0 Å². The van der Waals surface area contributed by atoms with E-state index >= 15 is 0 Å². The summed E-state index contributed by atoms with van der Waals surface area (Å²) in [5.74, 6) is -1.19. The summed E-state index contributed by atoms with van der Waals surface area (Å²) in [6.07, 6.45) is 6.69. The normalized spacial score (nSPS) is 27.0. The lowest BCUT2D eigenvalue weighted by molar-refractivity contribution is -0.114. The van der Waals surface area contributed by atoms with Gasteiger partial charge in [-0.05, 0) is 30.7 Å². The quantitative estimate of drug-likeness (QED) is 0.576. The molecule has 1 fully saturated rings. The van der Waals surface area contributed by atoms with Gasteiger partial charge in [-0.25, -0.2) is 4.79 Å².